The highest BCUT2D eigenvalue weighted by Gasteiger charge is 1.99. The SMILES string of the molecule is CCCCCCCCCCCCCCCCCCCCCCCCCCCCCCOC(=O)CO. The van der Waals surface area contributed by atoms with Crippen molar-refractivity contribution in [2.24, 2.45) is 0 Å². The van der Waals surface area contributed by atoms with Gasteiger partial charge in [-0.15, -0.1) is 0 Å². The van der Waals surface area contributed by atoms with Gasteiger partial charge in [0, 0.05) is 0 Å². The highest BCUT2D eigenvalue weighted by molar-refractivity contribution is 5.70. The highest BCUT2D eigenvalue weighted by atomic mass is 16.5. The van der Waals surface area contributed by atoms with E-state index in [2.05, 4.69) is 6.92 Å². The van der Waals surface area contributed by atoms with E-state index in [0.717, 1.165) is 12.8 Å². The number of carbonyl (C=O) groups is 1. The zero-order valence-corrected chi connectivity index (χ0v) is 24.0. The molecule has 210 valence electrons. The van der Waals surface area contributed by atoms with Crippen LogP contribution in [0.4, 0.5) is 0 Å². The molecule has 0 aliphatic rings. The fourth-order valence-electron chi connectivity index (χ4n) is 5.00. The standard InChI is InChI=1S/C32H64O3/c1-2-3-4-5-6-7-8-9-10-11-12-13-14-15-16-17-18-19-20-21-22-23-24-25-26-27-28-29-30-35-32(34)31-33/h33H,2-31H2,1H3. The topological polar surface area (TPSA) is 46.5 Å². The second-order valence-corrected chi connectivity index (χ2v) is 10.9. The molecule has 0 aliphatic carbocycles. The lowest BCUT2D eigenvalue weighted by Crippen LogP contribution is -2.09. The Balaban J connectivity index is 3.02. The highest BCUT2D eigenvalue weighted by Crippen LogP contribution is 2.16. The third kappa shape index (κ3) is 31.4. The number of aliphatic hydroxyl groups excluding tert-OH is 1. The zero-order chi connectivity index (χ0) is 25.5. The summed E-state index contributed by atoms with van der Waals surface area (Å²) < 4.78 is 4.86. The summed E-state index contributed by atoms with van der Waals surface area (Å²) >= 11 is 0. The molecule has 0 aromatic heterocycles. The predicted molar refractivity (Wildman–Crippen MR) is 153 cm³/mol. The minimum absolute atomic E-state index is 0.457. The van der Waals surface area contributed by atoms with Crippen molar-refractivity contribution in [1.29, 1.82) is 0 Å². The molecular formula is C32H64O3. The minimum atomic E-state index is -0.505. The van der Waals surface area contributed by atoms with Gasteiger partial charge in [-0.3, -0.25) is 0 Å². The molecule has 0 saturated heterocycles. The lowest BCUT2D eigenvalue weighted by atomic mass is 10.0. The number of unbranched alkanes of at least 4 members (excludes halogenated alkanes) is 27. The second-order valence-electron chi connectivity index (χ2n) is 10.9. The summed E-state index contributed by atoms with van der Waals surface area (Å²) in [7, 11) is 0. The van der Waals surface area contributed by atoms with E-state index in [9.17, 15) is 4.79 Å². The first-order chi connectivity index (χ1) is 17.3. The van der Waals surface area contributed by atoms with Crippen LogP contribution in [0.2, 0.25) is 0 Å². The van der Waals surface area contributed by atoms with E-state index in [1.165, 1.54) is 167 Å². The summed E-state index contributed by atoms with van der Waals surface area (Å²) in [6, 6.07) is 0. The molecule has 1 N–H and O–H groups in total. The van der Waals surface area contributed by atoms with Crippen LogP contribution < -0.4 is 0 Å². The van der Waals surface area contributed by atoms with Crippen molar-refractivity contribution in [3.05, 3.63) is 0 Å². The molecule has 0 atom stereocenters. The molecule has 0 fully saturated rings. The minimum Gasteiger partial charge on any atom is -0.464 e. The van der Waals surface area contributed by atoms with Gasteiger partial charge in [0.1, 0.15) is 6.61 Å². The molecule has 0 saturated carbocycles. The summed E-state index contributed by atoms with van der Waals surface area (Å²) in [4.78, 5) is 10.8. The second kappa shape index (κ2) is 31.5. The quantitative estimate of drug-likeness (QED) is 0.0794. The lowest BCUT2D eigenvalue weighted by Gasteiger charge is -2.05. The van der Waals surface area contributed by atoms with Crippen molar-refractivity contribution in [2.45, 2.75) is 187 Å². The van der Waals surface area contributed by atoms with Gasteiger partial charge in [-0.25, -0.2) is 4.79 Å². The van der Waals surface area contributed by atoms with Gasteiger partial charge in [0.05, 0.1) is 6.61 Å². The first kappa shape index (κ1) is 34.4. The van der Waals surface area contributed by atoms with Gasteiger partial charge in [0.15, 0.2) is 0 Å². The Bertz CT molecular complexity index is 396. The summed E-state index contributed by atoms with van der Waals surface area (Å²) in [5.74, 6) is -0.505. The van der Waals surface area contributed by atoms with Crippen molar-refractivity contribution in [3.63, 3.8) is 0 Å². The third-order valence-corrected chi connectivity index (χ3v) is 7.39. The molecule has 0 spiro atoms. The van der Waals surface area contributed by atoms with Crippen LogP contribution in [0.5, 0.6) is 0 Å². The van der Waals surface area contributed by atoms with Crippen LogP contribution >= 0.6 is 0 Å². The molecule has 3 nitrogen and oxygen atoms in total. The largest absolute Gasteiger partial charge is 0.464 e. The number of aliphatic hydroxyl groups is 1. The van der Waals surface area contributed by atoms with Gasteiger partial charge in [-0.05, 0) is 6.42 Å². The van der Waals surface area contributed by atoms with Gasteiger partial charge in [-0.2, -0.15) is 0 Å². The van der Waals surface area contributed by atoms with Crippen molar-refractivity contribution in [2.75, 3.05) is 13.2 Å². The lowest BCUT2D eigenvalue weighted by molar-refractivity contribution is -0.147. The van der Waals surface area contributed by atoms with Crippen LogP contribution in [0, 0.1) is 0 Å². The molecule has 0 aliphatic heterocycles. The normalized spacial score (nSPS) is 11.3. The van der Waals surface area contributed by atoms with Gasteiger partial charge < -0.3 is 9.84 Å². The Hall–Kier alpha value is -0.570. The Morgan fingerprint density at radius 2 is 0.657 bits per heavy atom. The van der Waals surface area contributed by atoms with Crippen LogP contribution in [0.3, 0.4) is 0 Å². The summed E-state index contributed by atoms with van der Waals surface area (Å²) in [5, 5.41) is 8.57. The van der Waals surface area contributed by atoms with E-state index in [-0.39, 0.29) is 0 Å². The van der Waals surface area contributed by atoms with Crippen molar-refractivity contribution < 1.29 is 14.6 Å². The number of rotatable bonds is 30. The maximum absolute atomic E-state index is 10.8. The molecule has 0 rings (SSSR count). The van der Waals surface area contributed by atoms with Gasteiger partial charge >= 0.3 is 5.97 Å². The van der Waals surface area contributed by atoms with Crippen LogP contribution in [-0.4, -0.2) is 24.3 Å². The molecule has 0 amide bonds. The van der Waals surface area contributed by atoms with Crippen LogP contribution in [0.25, 0.3) is 0 Å². The Morgan fingerprint density at radius 1 is 0.429 bits per heavy atom. The Labute approximate surface area is 220 Å². The average molecular weight is 497 g/mol. The fourth-order valence-corrected chi connectivity index (χ4v) is 5.00. The van der Waals surface area contributed by atoms with E-state index >= 15 is 0 Å². The Kier molecular flexibility index (Phi) is 30.9. The summed E-state index contributed by atoms with van der Waals surface area (Å²) in [5.41, 5.74) is 0. The molecule has 0 unspecified atom stereocenters. The van der Waals surface area contributed by atoms with Crippen molar-refractivity contribution >= 4 is 5.97 Å². The molecule has 0 aromatic carbocycles. The Morgan fingerprint density at radius 3 is 0.886 bits per heavy atom. The number of ether oxygens (including phenoxy) is 1. The van der Waals surface area contributed by atoms with E-state index in [0.29, 0.717) is 6.61 Å². The summed E-state index contributed by atoms with van der Waals surface area (Å²) in [6.45, 7) is 2.25. The van der Waals surface area contributed by atoms with Crippen LogP contribution in [0.15, 0.2) is 0 Å². The fraction of sp³-hybridized carbons (Fsp3) is 0.969. The van der Waals surface area contributed by atoms with Crippen LogP contribution in [-0.2, 0) is 9.53 Å². The molecular weight excluding hydrogens is 432 g/mol. The first-order valence-corrected chi connectivity index (χ1v) is 16.1. The molecule has 0 aromatic rings. The number of hydrogen-bond donors (Lipinski definition) is 1. The van der Waals surface area contributed by atoms with E-state index in [1.807, 2.05) is 0 Å². The first-order valence-electron chi connectivity index (χ1n) is 16.1. The average Bonchev–Trinajstić information content (AvgIpc) is 2.87. The van der Waals surface area contributed by atoms with Gasteiger partial charge in [0.25, 0.3) is 0 Å². The van der Waals surface area contributed by atoms with E-state index in [1.54, 1.807) is 0 Å². The molecule has 0 bridgehead atoms. The maximum Gasteiger partial charge on any atom is 0.331 e. The van der Waals surface area contributed by atoms with Gasteiger partial charge in [-0.1, -0.05) is 180 Å². The summed E-state index contributed by atoms with van der Waals surface area (Å²) in [6.07, 6.45) is 39.2. The zero-order valence-electron chi connectivity index (χ0n) is 24.0. The van der Waals surface area contributed by atoms with Crippen molar-refractivity contribution in [1.82, 2.24) is 0 Å². The smallest absolute Gasteiger partial charge is 0.331 e. The predicted octanol–water partition coefficient (Wildman–Crippen LogP) is 10.5. The maximum atomic E-state index is 10.8. The molecule has 3 heteroatoms. The molecule has 35 heavy (non-hydrogen) atoms. The number of carbonyl (C=O) groups excluding carboxylic acids is 1. The van der Waals surface area contributed by atoms with Crippen LogP contribution in [0.1, 0.15) is 187 Å². The monoisotopic (exact) mass is 496 g/mol. The number of hydrogen-bond acceptors (Lipinski definition) is 3. The van der Waals surface area contributed by atoms with E-state index in [4.69, 9.17) is 9.84 Å². The molecule has 0 radical (unpaired) electrons. The van der Waals surface area contributed by atoms with Crippen molar-refractivity contribution in [3.8, 4) is 0 Å². The molecule has 0 heterocycles. The van der Waals surface area contributed by atoms with Gasteiger partial charge in [0.2, 0.25) is 0 Å². The number of esters is 1. The van der Waals surface area contributed by atoms with E-state index < -0.39 is 12.6 Å². The third-order valence-electron chi connectivity index (χ3n) is 7.39.